The Balaban J connectivity index is 1.08. The number of aromatic amines is 2. The number of carbonyl (C=O) groups is 4. The number of likely N-dealkylation sites (tertiary alicyclic amines) is 2. The van der Waals surface area contributed by atoms with Crippen molar-refractivity contribution in [1.82, 2.24) is 40.4 Å². The lowest BCUT2D eigenvalue weighted by molar-refractivity contribution is -0.133. The lowest BCUT2D eigenvalue weighted by Crippen LogP contribution is -2.43. The van der Waals surface area contributed by atoms with Crippen molar-refractivity contribution in [3.05, 3.63) is 71.4 Å². The monoisotopic (exact) mass is 750 g/mol. The maximum absolute atomic E-state index is 13.4. The van der Waals surface area contributed by atoms with Crippen LogP contribution in [0.25, 0.3) is 22.3 Å². The molecule has 0 spiro atoms. The molecule has 290 valence electrons. The summed E-state index contributed by atoms with van der Waals surface area (Å²) in [4.78, 5) is 70.2. The van der Waals surface area contributed by atoms with E-state index in [1.54, 1.807) is 6.20 Å². The van der Waals surface area contributed by atoms with Gasteiger partial charge in [0.15, 0.2) is 0 Å². The molecule has 55 heavy (non-hydrogen) atoms. The van der Waals surface area contributed by atoms with Crippen LogP contribution in [0.1, 0.15) is 101 Å². The molecule has 4 atom stereocenters. The third-order valence-corrected chi connectivity index (χ3v) is 10.5. The topological polar surface area (TPSA) is 175 Å². The molecular weight excluding hydrogens is 701 g/mol. The zero-order valence-electron chi connectivity index (χ0n) is 32.1. The number of hydrogen-bond donors (Lipinski definition) is 4. The van der Waals surface area contributed by atoms with E-state index in [1.165, 1.54) is 14.2 Å². The van der Waals surface area contributed by atoms with Gasteiger partial charge in [-0.1, -0.05) is 44.7 Å². The van der Waals surface area contributed by atoms with Crippen LogP contribution < -0.4 is 10.6 Å². The SMILES string of the molecule is CC[C@H](CC(=O)N1CCC[C@H]1c1nc2ccc(C#Cc3ccc(-c4cnc([C@@H]5CCCN5C(=O)C[C@H](NC(=O)OC)C(C)C)[nH]4)cc3)cc2[nH]1)NC(=O)OC. The van der Waals surface area contributed by atoms with E-state index in [0.29, 0.717) is 19.5 Å². The lowest BCUT2D eigenvalue weighted by atomic mass is 10.00. The zero-order valence-corrected chi connectivity index (χ0v) is 32.1. The summed E-state index contributed by atoms with van der Waals surface area (Å²) >= 11 is 0. The van der Waals surface area contributed by atoms with Gasteiger partial charge >= 0.3 is 12.2 Å². The summed E-state index contributed by atoms with van der Waals surface area (Å²) in [7, 11) is 2.63. The van der Waals surface area contributed by atoms with Crippen LogP contribution in [0.15, 0.2) is 48.7 Å². The first-order valence-electron chi connectivity index (χ1n) is 19.0. The first kappa shape index (κ1) is 38.9. The number of H-pyrrole nitrogens is 2. The number of methoxy groups -OCH3 is 2. The van der Waals surface area contributed by atoms with Gasteiger partial charge in [0.1, 0.15) is 11.6 Å². The third kappa shape index (κ3) is 9.28. The lowest BCUT2D eigenvalue weighted by Gasteiger charge is -2.27. The van der Waals surface area contributed by atoms with Crippen molar-refractivity contribution >= 4 is 35.0 Å². The van der Waals surface area contributed by atoms with Crippen LogP contribution in [0.4, 0.5) is 9.59 Å². The van der Waals surface area contributed by atoms with Gasteiger partial charge in [-0.3, -0.25) is 9.59 Å². The Bertz CT molecular complexity index is 2060. The van der Waals surface area contributed by atoms with E-state index in [4.69, 9.17) is 14.5 Å². The molecule has 2 aromatic heterocycles. The number of rotatable bonds is 11. The van der Waals surface area contributed by atoms with E-state index in [-0.39, 0.29) is 54.7 Å². The first-order chi connectivity index (χ1) is 26.6. The number of imidazole rings is 2. The summed E-state index contributed by atoms with van der Waals surface area (Å²) in [6.07, 6.45) is 5.11. The molecule has 2 aromatic carbocycles. The summed E-state index contributed by atoms with van der Waals surface area (Å²) in [5.74, 6) is 8.04. The fraction of sp³-hybridized carbons (Fsp3) is 0.463. The smallest absolute Gasteiger partial charge is 0.407 e. The van der Waals surface area contributed by atoms with Crippen LogP contribution in [0.3, 0.4) is 0 Å². The normalized spacial score (nSPS) is 17.8. The Kier molecular flexibility index (Phi) is 12.4. The number of aromatic nitrogens is 4. The second kappa shape index (κ2) is 17.5. The van der Waals surface area contributed by atoms with Gasteiger partial charge in [-0.2, -0.15) is 0 Å². The van der Waals surface area contributed by atoms with Gasteiger partial charge in [0.25, 0.3) is 0 Å². The molecule has 2 aliphatic rings. The quantitative estimate of drug-likeness (QED) is 0.136. The Morgan fingerprint density at radius 3 is 2.11 bits per heavy atom. The van der Waals surface area contributed by atoms with E-state index in [9.17, 15) is 19.2 Å². The minimum Gasteiger partial charge on any atom is -0.453 e. The summed E-state index contributed by atoms with van der Waals surface area (Å²) in [5, 5.41) is 5.53. The minimum atomic E-state index is -0.542. The standard InChI is InChI=1S/C41H50N8O6/c1-6-29(43-40(52)54-4)22-36(50)49-20-8-10-35(49)39-44-30-18-15-27(21-32(30)45-39)12-11-26-13-16-28(17-14-26)33-24-42-38(46-33)34-9-7-19-48(34)37(51)23-31(25(2)3)47-41(53)55-5/h13-18,21,24-25,29,31,34-35H,6-10,19-20,22-23H2,1-5H3,(H,42,46)(H,43,52)(H,44,45)(H,47,53)/t29-,31+,34+,35+/m1/s1. The molecule has 0 aliphatic carbocycles. The number of amides is 4. The Morgan fingerprint density at radius 2 is 1.45 bits per heavy atom. The summed E-state index contributed by atoms with van der Waals surface area (Å²) in [6, 6.07) is 12.9. The van der Waals surface area contributed by atoms with E-state index in [2.05, 4.69) is 37.4 Å². The highest BCUT2D eigenvalue weighted by molar-refractivity contribution is 5.80. The number of ether oxygens (including phenoxy) is 2. The fourth-order valence-electron chi connectivity index (χ4n) is 7.31. The molecule has 4 amide bonds. The van der Waals surface area contributed by atoms with Crippen LogP contribution in [0.5, 0.6) is 0 Å². The van der Waals surface area contributed by atoms with Gasteiger partial charge in [0, 0.05) is 49.1 Å². The van der Waals surface area contributed by atoms with E-state index in [1.807, 2.05) is 73.0 Å². The molecular formula is C41H50N8O6. The van der Waals surface area contributed by atoms with Crippen molar-refractivity contribution in [2.75, 3.05) is 27.3 Å². The average Bonchev–Trinajstić information content (AvgIpc) is 4.02. The van der Waals surface area contributed by atoms with Gasteiger partial charge in [0.2, 0.25) is 11.8 Å². The van der Waals surface area contributed by atoms with Gasteiger partial charge in [-0.25, -0.2) is 19.6 Å². The molecule has 0 unspecified atom stereocenters. The van der Waals surface area contributed by atoms with Crippen LogP contribution in [-0.4, -0.2) is 93.1 Å². The molecule has 14 heteroatoms. The van der Waals surface area contributed by atoms with Crippen LogP contribution in [-0.2, 0) is 19.1 Å². The second-order valence-electron chi connectivity index (χ2n) is 14.5. The van der Waals surface area contributed by atoms with Crippen molar-refractivity contribution in [3.8, 4) is 23.1 Å². The molecule has 2 saturated heterocycles. The van der Waals surface area contributed by atoms with Crippen LogP contribution in [0.2, 0.25) is 0 Å². The maximum atomic E-state index is 13.4. The predicted molar refractivity (Wildman–Crippen MR) is 206 cm³/mol. The number of hydrogen-bond acceptors (Lipinski definition) is 8. The van der Waals surface area contributed by atoms with Crippen LogP contribution >= 0.6 is 0 Å². The average molecular weight is 751 g/mol. The molecule has 14 nitrogen and oxygen atoms in total. The van der Waals surface area contributed by atoms with E-state index in [0.717, 1.165) is 70.7 Å². The number of carbonyl (C=O) groups excluding carboxylic acids is 4. The molecule has 4 aromatic rings. The summed E-state index contributed by atoms with van der Waals surface area (Å²) < 4.78 is 9.46. The van der Waals surface area contributed by atoms with Crippen molar-refractivity contribution in [1.29, 1.82) is 0 Å². The van der Waals surface area contributed by atoms with Gasteiger partial charge in [0.05, 0.1) is 49.2 Å². The largest absolute Gasteiger partial charge is 0.453 e. The molecule has 2 aliphatic heterocycles. The molecule has 4 N–H and O–H groups in total. The number of benzene rings is 2. The Hall–Kier alpha value is -5.84. The molecule has 0 saturated carbocycles. The Morgan fingerprint density at radius 1 is 0.836 bits per heavy atom. The van der Waals surface area contributed by atoms with Gasteiger partial charge in [-0.05, 0) is 73.9 Å². The zero-order chi connectivity index (χ0) is 39.1. The maximum Gasteiger partial charge on any atom is 0.407 e. The highest BCUT2D eigenvalue weighted by Gasteiger charge is 2.35. The van der Waals surface area contributed by atoms with E-state index < -0.39 is 12.2 Å². The minimum absolute atomic E-state index is 0.0213. The van der Waals surface area contributed by atoms with Crippen molar-refractivity contribution in [2.24, 2.45) is 5.92 Å². The van der Waals surface area contributed by atoms with E-state index >= 15 is 0 Å². The molecule has 0 bridgehead atoms. The molecule has 6 rings (SSSR count). The fourth-order valence-corrected chi connectivity index (χ4v) is 7.31. The molecule has 4 heterocycles. The number of nitrogens with one attached hydrogen (secondary N) is 4. The second-order valence-corrected chi connectivity index (χ2v) is 14.5. The van der Waals surface area contributed by atoms with Crippen LogP contribution in [0, 0.1) is 17.8 Å². The highest BCUT2D eigenvalue weighted by atomic mass is 16.5. The highest BCUT2D eigenvalue weighted by Crippen LogP contribution is 2.34. The molecule has 2 fully saturated rings. The van der Waals surface area contributed by atoms with Gasteiger partial charge in [-0.15, -0.1) is 0 Å². The number of nitrogens with zero attached hydrogens (tertiary/aromatic N) is 4. The summed E-state index contributed by atoms with van der Waals surface area (Å²) in [6.45, 7) is 7.15. The Labute approximate surface area is 321 Å². The van der Waals surface area contributed by atoms with Crippen molar-refractivity contribution in [3.63, 3.8) is 0 Å². The van der Waals surface area contributed by atoms with Crippen molar-refractivity contribution < 1.29 is 28.7 Å². The molecule has 0 radical (unpaired) electrons. The summed E-state index contributed by atoms with van der Waals surface area (Å²) in [5.41, 5.74) is 5.16. The number of fused-ring (bicyclic) bond motifs is 1. The predicted octanol–water partition coefficient (Wildman–Crippen LogP) is 5.98. The van der Waals surface area contributed by atoms with Gasteiger partial charge < -0.3 is 39.9 Å². The number of alkyl carbamates (subject to hydrolysis) is 2. The third-order valence-electron chi connectivity index (χ3n) is 10.5. The first-order valence-corrected chi connectivity index (χ1v) is 19.0. The van der Waals surface area contributed by atoms with Crippen molar-refractivity contribution in [2.45, 2.75) is 89.9 Å².